The molecule has 0 radical (unpaired) electrons. The predicted octanol–water partition coefficient (Wildman–Crippen LogP) is 1.05. The van der Waals surface area contributed by atoms with E-state index in [1.807, 2.05) is 0 Å². The minimum absolute atomic E-state index is 0.190. The van der Waals surface area contributed by atoms with Crippen LogP contribution in [0.4, 0.5) is 0 Å². The number of ketones is 2. The number of rotatable bonds is 0. The fraction of sp³-hybridized carbons (Fsp3) is 0.818. The molecule has 0 aromatic heterocycles. The molecular formula is C11H12O2. The summed E-state index contributed by atoms with van der Waals surface area (Å²) < 4.78 is 0. The van der Waals surface area contributed by atoms with Crippen molar-refractivity contribution in [3.8, 4) is 0 Å². The van der Waals surface area contributed by atoms with Crippen molar-refractivity contribution in [1.29, 1.82) is 0 Å². The molecule has 0 aromatic carbocycles. The molecule has 4 rings (SSSR count). The number of carbonyl (C=O) groups excluding carboxylic acids is 2. The van der Waals surface area contributed by atoms with Gasteiger partial charge in [-0.2, -0.15) is 0 Å². The second-order valence-electron chi connectivity index (χ2n) is 5.30. The average molecular weight is 176 g/mol. The zero-order valence-corrected chi connectivity index (χ0v) is 7.40. The number of hydrogen-bond donors (Lipinski definition) is 0. The monoisotopic (exact) mass is 176 g/mol. The summed E-state index contributed by atoms with van der Waals surface area (Å²) in [4.78, 5) is 23.2. The quantitative estimate of drug-likeness (QED) is 0.552. The Bertz CT molecular complexity index is 301. The molecule has 2 nitrogen and oxygen atoms in total. The first-order valence-electron chi connectivity index (χ1n) is 5.33. The summed E-state index contributed by atoms with van der Waals surface area (Å²) in [6.07, 6.45) is 2.78. The van der Waals surface area contributed by atoms with Gasteiger partial charge in [0.2, 0.25) is 0 Å². The number of Topliss-reactive ketones (excluding diaryl/α,β-unsaturated/α-hetero) is 2. The summed E-state index contributed by atoms with van der Waals surface area (Å²) in [5.41, 5.74) is 0. The fourth-order valence-corrected chi connectivity index (χ4v) is 4.79. The highest BCUT2D eigenvalue weighted by molar-refractivity contribution is 5.96. The van der Waals surface area contributed by atoms with E-state index in [4.69, 9.17) is 0 Å². The van der Waals surface area contributed by atoms with Crippen molar-refractivity contribution in [3.05, 3.63) is 0 Å². The van der Waals surface area contributed by atoms with Gasteiger partial charge in [0, 0.05) is 24.7 Å². The number of hydrogen-bond acceptors (Lipinski definition) is 2. The fourth-order valence-electron chi connectivity index (χ4n) is 4.79. The molecule has 0 aromatic rings. The summed E-state index contributed by atoms with van der Waals surface area (Å²) >= 11 is 0. The Hall–Kier alpha value is -0.660. The van der Waals surface area contributed by atoms with Gasteiger partial charge in [0.1, 0.15) is 11.6 Å². The minimum atomic E-state index is 0.190. The van der Waals surface area contributed by atoms with Crippen molar-refractivity contribution >= 4 is 11.6 Å². The number of carbonyl (C=O) groups is 2. The Labute approximate surface area is 76.7 Å². The predicted molar refractivity (Wildman–Crippen MR) is 44.8 cm³/mol. The van der Waals surface area contributed by atoms with Crippen LogP contribution < -0.4 is 0 Å². The molecule has 2 heteroatoms. The van der Waals surface area contributed by atoms with Gasteiger partial charge in [-0.15, -0.1) is 0 Å². The first kappa shape index (κ1) is 6.74. The molecule has 0 bridgehead atoms. The van der Waals surface area contributed by atoms with E-state index in [-0.39, 0.29) is 11.8 Å². The molecule has 0 N–H and O–H groups in total. The molecule has 0 heterocycles. The second kappa shape index (κ2) is 1.75. The highest BCUT2D eigenvalue weighted by Gasteiger charge is 2.71. The van der Waals surface area contributed by atoms with Crippen molar-refractivity contribution in [2.24, 2.45) is 35.5 Å². The lowest BCUT2D eigenvalue weighted by atomic mass is 9.59. The van der Waals surface area contributed by atoms with Crippen LogP contribution in [0.25, 0.3) is 0 Å². The van der Waals surface area contributed by atoms with Gasteiger partial charge in [0.25, 0.3) is 0 Å². The smallest absolute Gasteiger partial charge is 0.137 e. The zero-order chi connectivity index (χ0) is 8.74. The average Bonchev–Trinajstić information content (AvgIpc) is 2.40. The molecule has 13 heavy (non-hydrogen) atoms. The standard InChI is InChI=1S/C11H12O2/c12-6-2-4-1-5-3-7(13)11-9(5)8(4)10(6)11/h4-5,8-11H,1-3H2/t4-,5+,8-,9-,10-,11-/m0/s1. The van der Waals surface area contributed by atoms with Crippen LogP contribution in [0.2, 0.25) is 0 Å². The summed E-state index contributed by atoms with van der Waals surface area (Å²) in [5.74, 6) is 3.84. The van der Waals surface area contributed by atoms with Crippen LogP contribution in [-0.2, 0) is 9.59 Å². The molecule has 0 spiro atoms. The van der Waals surface area contributed by atoms with E-state index in [1.165, 1.54) is 6.42 Å². The Morgan fingerprint density at radius 3 is 1.77 bits per heavy atom. The Morgan fingerprint density at radius 2 is 1.31 bits per heavy atom. The highest BCUT2D eigenvalue weighted by Crippen LogP contribution is 2.69. The summed E-state index contributed by atoms with van der Waals surface area (Å²) in [6.45, 7) is 0. The van der Waals surface area contributed by atoms with E-state index in [0.717, 1.165) is 12.8 Å². The maximum Gasteiger partial charge on any atom is 0.137 e. The van der Waals surface area contributed by atoms with Gasteiger partial charge in [-0.25, -0.2) is 0 Å². The third-order valence-corrected chi connectivity index (χ3v) is 5.03. The van der Waals surface area contributed by atoms with Crippen molar-refractivity contribution < 1.29 is 9.59 Å². The molecule has 0 amide bonds. The summed E-state index contributed by atoms with van der Waals surface area (Å²) in [7, 11) is 0. The van der Waals surface area contributed by atoms with Crippen LogP contribution in [0.15, 0.2) is 0 Å². The Balaban J connectivity index is 1.86. The molecule has 68 valence electrons. The van der Waals surface area contributed by atoms with Crippen molar-refractivity contribution in [1.82, 2.24) is 0 Å². The Kier molecular flexibility index (Phi) is 0.907. The highest BCUT2D eigenvalue weighted by atomic mass is 16.1. The van der Waals surface area contributed by atoms with E-state index in [0.29, 0.717) is 35.2 Å². The van der Waals surface area contributed by atoms with Crippen LogP contribution in [-0.4, -0.2) is 11.6 Å². The lowest BCUT2D eigenvalue weighted by Crippen LogP contribution is -2.46. The summed E-state index contributed by atoms with van der Waals surface area (Å²) in [5, 5.41) is 0. The lowest BCUT2D eigenvalue weighted by Gasteiger charge is -2.42. The Morgan fingerprint density at radius 1 is 0.846 bits per heavy atom. The maximum absolute atomic E-state index is 11.6. The molecule has 0 unspecified atom stereocenters. The normalized spacial score (nSPS) is 61.2. The SMILES string of the molecule is O=C1C[C@@H]2C[C@@H]3CC(=O)[C@@H]4[C@@H]1[C@@H]2[C@H]34. The molecule has 4 aliphatic rings. The van der Waals surface area contributed by atoms with E-state index in [1.54, 1.807) is 0 Å². The van der Waals surface area contributed by atoms with Crippen molar-refractivity contribution in [2.45, 2.75) is 19.3 Å². The van der Waals surface area contributed by atoms with Gasteiger partial charge in [-0.3, -0.25) is 9.59 Å². The third kappa shape index (κ3) is 0.527. The third-order valence-electron chi connectivity index (χ3n) is 5.03. The van der Waals surface area contributed by atoms with Gasteiger partial charge in [0.15, 0.2) is 0 Å². The summed E-state index contributed by atoms with van der Waals surface area (Å²) in [6, 6.07) is 0. The zero-order valence-electron chi connectivity index (χ0n) is 7.40. The largest absolute Gasteiger partial charge is 0.299 e. The van der Waals surface area contributed by atoms with Gasteiger partial charge < -0.3 is 0 Å². The van der Waals surface area contributed by atoms with Crippen molar-refractivity contribution in [2.75, 3.05) is 0 Å². The number of fused-ring (bicyclic) bond motifs is 1. The van der Waals surface area contributed by atoms with E-state index < -0.39 is 0 Å². The maximum atomic E-state index is 11.6. The topological polar surface area (TPSA) is 34.1 Å². The van der Waals surface area contributed by atoms with Crippen LogP contribution >= 0.6 is 0 Å². The molecule has 4 saturated carbocycles. The van der Waals surface area contributed by atoms with E-state index in [2.05, 4.69) is 0 Å². The van der Waals surface area contributed by atoms with Crippen LogP contribution in [0.1, 0.15) is 19.3 Å². The molecule has 4 aliphatic carbocycles. The molecule has 0 saturated heterocycles. The van der Waals surface area contributed by atoms with Crippen LogP contribution in [0, 0.1) is 35.5 Å². The van der Waals surface area contributed by atoms with Gasteiger partial charge in [-0.05, 0) is 30.1 Å². The molecule has 4 fully saturated rings. The van der Waals surface area contributed by atoms with Gasteiger partial charge >= 0.3 is 0 Å². The molecule has 6 atom stereocenters. The first-order chi connectivity index (χ1) is 6.27. The second-order valence-corrected chi connectivity index (χ2v) is 5.30. The minimum Gasteiger partial charge on any atom is -0.299 e. The first-order valence-corrected chi connectivity index (χ1v) is 5.33. The lowest BCUT2D eigenvalue weighted by molar-refractivity contribution is -0.139. The van der Waals surface area contributed by atoms with Crippen LogP contribution in [0.3, 0.4) is 0 Å². The van der Waals surface area contributed by atoms with Gasteiger partial charge in [-0.1, -0.05) is 0 Å². The van der Waals surface area contributed by atoms with E-state index in [9.17, 15) is 9.59 Å². The van der Waals surface area contributed by atoms with Crippen LogP contribution in [0.5, 0.6) is 0 Å². The molecule has 0 aliphatic heterocycles. The van der Waals surface area contributed by atoms with Crippen molar-refractivity contribution in [3.63, 3.8) is 0 Å². The molecular weight excluding hydrogens is 164 g/mol. The van der Waals surface area contributed by atoms with E-state index >= 15 is 0 Å². The van der Waals surface area contributed by atoms with Gasteiger partial charge in [0.05, 0.1) is 0 Å².